The third-order valence-corrected chi connectivity index (χ3v) is 4.51. The van der Waals surface area contributed by atoms with Gasteiger partial charge in [-0.3, -0.25) is 4.79 Å². The van der Waals surface area contributed by atoms with E-state index in [0.717, 1.165) is 37.4 Å². The summed E-state index contributed by atoms with van der Waals surface area (Å²) in [6, 6.07) is 15.3. The van der Waals surface area contributed by atoms with Gasteiger partial charge in [0.2, 0.25) is 0 Å². The van der Waals surface area contributed by atoms with Crippen molar-refractivity contribution in [1.82, 2.24) is 25.3 Å². The zero-order valence-electron chi connectivity index (χ0n) is 14.3. The van der Waals surface area contributed by atoms with Crippen LogP contribution in [0.2, 0.25) is 0 Å². The second kappa shape index (κ2) is 7.35. The predicted molar refractivity (Wildman–Crippen MR) is 98.3 cm³/mol. The van der Waals surface area contributed by atoms with Crippen molar-refractivity contribution in [3.05, 3.63) is 66.6 Å². The molecule has 26 heavy (non-hydrogen) atoms. The first-order valence-electron chi connectivity index (χ1n) is 8.74. The second-order valence-corrected chi connectivity index (χ2v) is 6.30. The van der Waals surface area contributed by atoms with E-state index in [1.165, 1.54) is 0 Å². The number of carbonyl (C=O) groups is 1. The van der Waals surface area contributed by atoms with Gasteiger partial charge in [0.1, 0.15) is 5.69 Å². The van der Waals surface area contributed by atoms with Gasteiger partial charge in [-0.2, -0.15) is 10.2 Å². The Balaban J connectivity index is 1.46. The number of carbonyl (C=O) groups excluding carboxylic acids is 1. The molecule has 0 bridgehead atoms. The van der Waals surface area contributed by atoms with Crippen LogP contribution in [0, 0.1) is 0 Å². The summed E-state index contributed by atoms with van der Waals surface area (Å²) in [6.45, 7) is 1.65. The van der Waals surface area contributed by atoms with Crippen LogP contribution in [0.25, 0.3) is 5.69 Å². The summed E-state index contributed by atoms with van der Waals surface area (Å²) in [7, 11) is 0. The van der Waals surface area contributed by atoms with Crippen LogP contribution >= 0.6 is 0 Å². The van der Waals surface area contributed by atoms with E-state index in [0.29, 0.717) is 5.69 Å². The zero-order valence-corrected chi connectivity index (χ0v) is 14.3. The van der Waals surface area contributed by atoms with E-state index in [1.54, 1.807) is 23.1 Å². The number of rotatable bonds is 4. The topological polar surface area (TPSA) is 75.9 Å². The van der Waals surface area contributed by atoms with E-state index >= 15 is 0 Å². The molecule has 3 heterocycles. The van der Waals surface area contributed by atoms with Crippen LogP contribution in [-0.4, -0.2) is 45.0 Å². The molecule has 0 unspecified atom stereocenters. The fourth-order valence-electron chi connectivity index (χ4n) is 3.27. The molecule has 1 amide bonds. The van der Waals surface area contributed by atoms with Gasteiger partial charge >= 0.3 is 0 Å². The highest BCUT2D eigenvalue weighted by molar-refractivity contribution is 5.93. The number of nitrogens with zero attached hydrogens (tertiary/aromatic N) is 5. The quantitative estimate of drug-likeness (QED) is 0.781. The molecule has 1 aliphatic rings. The van der Waals surface area contributed by atoms with Crippen molar-refractivity contribution >= 4 is 11.7 Å². The van der Waals surface area contributed by atoms with Crippen LogP contribution in [0.4, 0.5) is 5.82 Å². The number of amides is 1. The number of nitrogens with one attached hydrogen (secondary N) is 1. The molecule has 7 heteroatoms. The standard InChI is InChI=1S/C19H20N6O/c26-19(17-10-12-21-25(17)16-7-2-1-3-8-16)22-15-6-5-13-24(14-15)18-9-4-11-20-23-18/h1-4,7-12,15H,5-6,13-14H2,(H,22,26)/t15-/m0/s1. The largest absolute Gasteiger partial charge is 0.353 e. The van der Waals surface area contributed by atoms with Crippen molar-refractivity contribution in [3.8, 4) is 5.69 Å². The molecule has 1 atom stereocenters. The molecule has 0 aliphatic carbocycles. The maximum Gasteiger partial charge on any atom is 0.270 e. The highest BCUT2D eigenvalue weighted by Gasteiger charge is 2.24. The molecule has 0 saturated carbocycles. The predicted octanol–water partition coefficient (Wildman–Crippen LogP) is 2.06. The van der Waals surface area contributed by atoms with E-state index in [-0.39, 0.29) is 11.9 Å². The third kappa shape index (κ3) is 3.42. The first-order valence-corrected chi connectivity index (χ1v) is 8.74. The van der Waals surface area contributed by atoms with Crippen molar-refractivity contribution in [3.63, 3.8) is 0 Å². The van der Waals surface area contributed by atoms with Crippen LogP contribution in [0.15, 0.2) is 60.9 Å². The molecule has 1 saturated heterocycles. The van der Waals surface area contributed by atoms with Gasteiger partial charge in [-0.05, 0) is 43.2 Å². The summed E-state index contributed by atoms with van der Waals surface area (Å²) in [5.41, 5.74) is 1.40. The van der Waals surface area contributed by atoms with Crippen LogP contribution in [0.3, 0.4) is 0 Å². The first-order chi connectivity index (χ1) is 12.8. The SMILES string of the molecule is O=C(N[C@H]1CCCN(c2cccnn2)C1)c1ccnn1-c1ccccc1. The molecule has 4 rings (SSSR count). The monoisotopic (exact) mass is 348 g/mol. The fourth-order valence-corrected chi connectivity index (χ4v) is 3.27. The Kier molecular flexibility index (Phi) is 4.59. The number of aromatic nitrogens is 4. The lowest BCUT2D eigenvalue weighted by Crippen LogP contribution is -2.48. The van der Waals surface area contributed by atoms with Crippen LogP contribution in [-0.2, 0) is 0 Å². The van der Waals surface area contributed by atoms with Crippen LogP contribution < -0.4 is 10.2 Å². The van der Waals surface area contributed by atoms with Crippen molar-refractivity contribution in [2.75, 3.05) is 18.0 Å². The smallest absolute Gasteiger partial charge is 0.270 e. The van der Waals surface area contributed by atoms with E-state index in [1.807, 2.05) is 42.5 Å². The van der Waals surface area contributed by atoms with E-state index in [4.69, 9.17) is 0 Å². The Morgan fingerprint density at radius 3 is 2.77 bits per heavy atom. The van der Waals surface area contributed by atoms with Gasteiger partial charge in [-0.1, -0.05) is 18.2 Å². The molecule has 3 aromatic rings. The van der Waals surface area contributed by atoms with Gasteiger partial charge in [-0.15, -0.1) is 5.10 Å². The minimum absolute atomic E-state index is 0.0670. The van der Waals surface area contributed by atoms with E-state index in [2.05, 4.69) is 25.5 Å². The molecule has 1 aliphatic heterocycles. The summed E-state index contributed by atoms with van der Waals surface area (Å²) < 4.78 is 1.67. The van der Waals surface area contributed by atoms with E-state index in [9.17, 15) is 4.79 Å². The first kappa shape index (κ1) is 16.3. The number of benzene rings is 1. The van der Waals surface area contributed by atoms with Crippen molar-refractivity contribution in [2.24, 2.45) is 0 Å². The lowest BCUT2D eigenvalue weighted by Gasteiger charge is -2.33. The number of hydrogen-bond donors (Lipinski definition) is 1. The van der Waals surface area contributed by atoms with Gasteiger partial charge in [0.25, 0.3) is 5.91 Å². The Morgan fingerprint density at radius 2 is 1.96 bits per heavy atom. The summed E-state index contributed by atoms with van der Waals surface area (Å²) >= 11 is 0. The van der Waals surface area contributed by atoms with Gasteiger partial charge in [-0.25, -0.2) is 4.68 Å². The third-order valence-electron chi connectivity index (χ3n) is 4.51. The fraction of sp³-hybridized carbons (Fsp3) is 0.263. The molecule has 7 nitrogen and oxygen atoms in total. The minimum atomic E-state index is -0.114. The van der Waals surface area contributed by atoms with Gasteiger partial charge < -0.3 is 10.2 Å². The van der Waals surface area contributed by atoms with Crippen LogP contribution in [0.1, 0.15) is 23.3 Å². The van der Waals surface area contributed by atoms with Crippen molar-refractivity contribution in [2.45, 2.75) is 18.9 Å². The molecule has 1 N–H and O–H groups in total. The molecule has 2 aromatic heterocycles. The number of para-hydroxylation sites is 1. The lowest BCUT2D eigenvalue weighted by molar-refractivity contribution is 0.0925. The molecule has 1 fully saturated rings. The van der Waals surface area contributed by atoms with Crippen molar-refractivity contribution in [1.29, 1.82) is 0 Å². The molecule has 0 radical (unpaired) electrons. The van der Waals surface area contributed by atoms with Gasteiger partial charge in [0.15, 0.2) is 5.82 Å². The summed E-state index contributed by atoms with van der Waals surface area (Å²) in [6.07, 6.45) is 5.26. The molecule has 132 valence electrons. The Bertz CT molecular complexity index is 864. The average Bonchev–Trinajstić information content (AvgIpc) is 3.20. The maximum atomic E-state index is 12.8. The van der Waals surface area contributed by atoms with Crippen molar-refractivity contribution < 1.29 is 4.79 Å². The Labute approximate surface area is 151 Å². The zero-order chi connectivity index (χ0) is 17.8. The highest BCUT2D eigenvalue weighted by Crippen LogP contribution is 2.17. The molecule has 1 aromatic carbocycles. The minimum Gasteiger partial charge on any atom is -0.353 e. The number of anilines is 1. The second-order valence-electron chi connectivity index (χ2n) is 6.30. The summed E-state index contributed by atoms with van der Waals surface area (Å²) in [4.78, 5) is 15.0. The van der Waals surface area contributed by atoms with Gasteiger partial charge in [0, 0.05) is 25.3 Å². The summed E-state index contributed by atoms with van der Waals surface area (Å²) in [5, 5.41) is 15.5. The highest BCUT2D eigenvalue weighted by atomic mass is 16.2. The van der Waals surface area contributed by atoms with E-state index < -0.39 is 0 Å². The number of piperidine rings is 1. The van der Waals surface area contributed by atoms with Gasteiger partial charge in [0.05, 0.1) is 11.9 Å². The number of hydrogen-bond acceptors (Lipinski definition) is 5. The van der Waals surface area contributed by atoms with Crippen LogP contribution in [0.5, 0.6) is 0 Å². The Morgan fingerprint density at radius 1 is 1.08 bits per heavy atom. The Hall–Kier alpha value is -3.22. The lowest BCUT2D eigenvalue weighted by atomic mass is 10.1. The normalized spacial score (nSPS) is 17.1. The molecule has 0 spiro atoms. The average molecular weight is 348 g/mol. The maximum absolute atomic E-state index is 12.8. The molecular formula is C19H20N6O. The molecular weight excluding hydrogens is 328 g/mol. The summed E-state index contributed by atoms with van der Waals surface area (Å²) in [5.74, 6) is 0.734.